The summed E-state index contributed by atoms with van der Waals surface area (Å²) in [6.07, 6.45) is 5.70. The highest BCUT2D eigenvalue weighted by atomic mass is 19.1. The lowest BCUT2D eigenvalue weighted by molar-refractivity contribution is -0.122. The number of fused-ring (bicyclic) bond motifs is 3. The number of anilines is 1. The van der Waals surface area contributed by atoms with Crippen LogP contribution in [0.4, 0.5) is 10.1 Å². The summed E-state index contributed by atoms with van der Waals surface area (Å²) in [6, 6.07) is 6.23. The van der Waals surface area contributed by atoms with Crippen molar-refractivity contribution in [2.24, 2.45) is 10.7 Å². The molecule has 1 aromatic carbocycles. The van der Waals surface area contributed by atoms with Gasteiger partial charge in [0.05, 0.1) is 23.4 Å². The van der Waals surface area contributed by atoms with Gasteiger partial charge >= 0.3 is 0 Å². The number of hydrogen-bond acceptors (Lipinski definition) is 8. The molecular formula is C31H42FN7O3. The van der Waals surface area contributed by atoms with Crippen molar-refractivity contribution >= 4 is 17.6 Å². The summed E-state index contributed by atoms with van der Waals surface area (Å²) in [6.45, 7) is 4.58. The van der Waals surface area contributed by atoms with Crippen LogP contribution < -0.4 is 22.1 Å². The number of ether oxygens (including phenoxy) is 2. The molecule has 0 aromatic heterocycles. The van der Waals surface area contributed by atoms with Gasteiger partial charge in [0.2, 0.25) is 5.91 Å². The van der Waals surface area contributed by atoms with E-state index in [2.05, 4.69) is 28.5 Å². The zero-order chi connectivity index (χ0) is 29.5. The fourth-order valence-electron chi connectivity index (χ4n) is 7.89. The first-order chi connectivity index (χ1) is 20.2. The fourth-order valence-corrected chi connectivity index (χ4v) is 7.89. The van der Waals surface area contributed by atoms with Crippen LogP contribution >= 0.6 is 0 Å². The largest absolute Gasteiger partial charge is 0.463 e. The normalized spacial score (nSPS) is 32.3. The van der Waals surface area contributed by atoms with Crippen molar-refractivity contribution in [3.63, 3.8) is 0 Å². The Hall–Kier alpha value is -3.20. The van der Waals surface area contributed by atoms with E-state index < -0.39 is 11.8 Å². The number of aliphatic imine (C=N–C) groups is 1. The summed E-state index contributed by atoms with van der Waals surface area (Å²) >= 11 is 0. The number of benzene rings is 1. The Balaban J connectivity index is 1.30. The van der Waals surface area contributed by atoms with E-state index >= 15 is 0 Å². The van der Waals surface area contributed by atoms with Gasteiger partial charge in [-0.15, -0.1) is 0 Å². The molecule has 0 radical (unpaired) electrons. The van der Waals surface area contributed by atoms with Gasteiger partial charge in [-0.2, -0.15) is 5.26 Å². The van der Waals surface area contributed by atoms with Gasteiger partial charge in [-0.25, -0.2) is 9.38 Å². The topological polar surface area (TPSA) is 151 Å². The lowest BCUT2D eigenvalue weighted by Gasteiger charge is -2.44. The van der Waals surface area contributed by atoms with Gasteiger partial charge in [0.1, 0.15) is 24.4 Å². The van der Waals surface area contributed by atoms with Crippen LogP contribution in [0.15, 0.2) is 28.4 Å². The van der Waals surface area contributed by atoms with E-state index in [4.69, 9.17) is 25.9 Å². The van der Waals surface area contributed by atoms with Gasteiger partial charge in [0.25, 0.3) is 6.02 Å². The number of nitrogen functional groups attached to an aromatic ring is 1. The standard InChI is InChI=1S/C31H42FN7O3/c1-19(37-22-6-8-27(40)36-15-22)24-17-42-31(10-2-4-20-5-7-25(34)23(14-33)28(20)31)13-26(24)38-29(35)41-18-30-9-3-11-39(30)16-21(32)12-30/h5,7,19,21-22,37H,2-4,6,8-13,15-18,34H2,1H3,(H2,35,38)(H,36,40). The Morgan fingerprint density at radius 2 is 2.24 bits per heavy atom. The molecule has 226 valence electrons. The molecule has 1 aliphatic carbocycles. The monoisotopic (exact) mass is 579 g/mol. The molecule has 4 heterocycles. The number of piperidine rings is 1. The number of nitrogens with two attached hydrogens (primary N) is 2. The van der Waals surface area contributed by atoms with Crippen LogP contribution in [0, 0.1) is 11.3 Å². The zero-order valence-corrected chi connectivity index (χ0v) is 24.4. The molecule has 1 spiro atoms. The summed E-state index contributed by atoms with van der Waals surface area (Å²) in [4.78, 5) is 18.8. The number of carbonyl (C=O) groups excluding carboxylic acids is 1. The van der Waals surface area contributed by atoms with Gasteiger partial charge in [-0.1, -0.05) is 6.07 Å². The molecule has 11 heteroatoms. The number of halogens is 1. The molecule has 0 saturated carbocycles. The molecule has 42 heavy (non-hydrogen) atoms. The molecule has 0 bridgehead atoms. The Morgan fingerprint density at radius 1 is 1.38 bits per heavy atom. The van der Waals surface area contributed by atoms with Gasteiger partial charge < -0.3 is 31.6 Å². The molecule has 10 nitrogen and oxygen atoms in total. The van der Waals surface area contributed by atoms with Crippen molar-refractivity contribution in [1.82, 2.24) is 15.5 Å². The Kier molecular flexibility index (Phi) is 7.89. The second-order valence-corrected chi connectivity index (χ2v) is 12.7. The number of hydrogen-bond donors (Lipinski definition) is 4. The van der Waals surface area contributed by atoms with E-state index in [0.29, 0.717) is 56.8 Å². The average molecular weight is 580 g/mol. The Labute approximate surface area is 246 Å². The maximum atomic E-state index is 14.3. The molecule has 5 unspecified atom stereocenters. The fraction of sp³-hybridized carbons (Fsp3) is 0.645. The predicted octanol–water partition coefficient (Wildman–Crippen LogP) is 2.51. The van der Waals surface area contributed by atoms with Gasteiger partial charge in [0, 0.05) is 55.7 Å². The number of amidine groups is 1. The van der Waals surface area contributed by atoms with E-state index in [1.807, 2.05) is 6.07 Å². The minimum Gasteiger partial charge on any atom is -0.463 e. The van der Waals surface area contributed by atoms with Crippen LogP contribution in [0.25, 0.3) is 0 Å². The van der Waals surface area contributed by atoms with Crippen LogP contribution in [-0.4, -0.2) is 73.5 Å². The summed E-state index contributed by atoms with van der Waals surface area (Å²) < 4.78 is 27.1. The van der Waals surface area contributed by atoms with Gasteiger partial charge in [0.15, 0.2) is 0 Å². The van der Waals surface area contributed by atoms with E-state index in [0.717, 1.165) is 67.5 Å². The number of amides is 1. The summed E-state index contributed by atoms with van der Waals surface area (Å²) in [5.41, 5.74) is 16.2. The first kappa shape index (κ1) is 28.9. The first-order valence-corrected chi connectivity index (χ1v) is 15.3. The number of nitrogens with one attached hydrogen (secondary N) is 2. The van der Waals surface area contributed by atoms with E-state index in [9.17, 15) is 14.4 Å². The Bertz CT molecular complexity index is 1330. The number of aryl methyl sites for hydroxylation is 1. The van der Waals surface area contributed by atoms with E-state index in [1.54, 1.807) is 6.07 Å². The smallest absolute Gasteiger partial charge is 0.286 e. The highest BCUT2D eigenvalue weighted by Crippen LogP contribution is 2.49. The SMILES string of the molecule is CC(NC1CCC(=O)NC1)C1=C(N=C(N)OCC23CCCN2CC(F)C3)CC2(CCCc3ccc(N)c(C#N)c32)OC1. The Morgan fingerprint density at radius 3 is 3.02 bits per heavy atom. The molecule has 3 saturated heterocycles. The third-order valence-corrected chi connectivity index (χ3v) is 10.0. The lowest BCUT2D eigenvalue weighted by Crippen LogP contribution is -2.50. The molecule has 5 aliphatic rings. The van der Waals surface area contributed by atoms with Crippen LogP contribution in [0.3, 0.4) is 0 Å². The third kappa shape index (κ3) is 5.36. The van der Waals surface area contributed by atoms with E-state index in [1.165, 1.54) is 0 Å². The summed E-state index contributed by atoms with van der Waals surface area (Å²) in [5, 5.41) is 16.6. The van der Waals surface area contributed by atoms with Crippen molar-refractivity contribution in [1.29, 1.82) is 5.26 Å². The summed E-state index contributed by atoms with van der Waals surface area (Å²) in [5.74, 6) is 0.0724. The van der Waals surface area contributed by atoms with Crippen LogP contribution in [0.2, 0.25) is 0 Å². The van der Waals surface area contributed by atoms with Gasteiger partial charge in [-0.3, -0.25) is 9.69 Å². The molecule has 5 atom stereocenters. The molecular weight excluding hydrogens is 537 g/mol. The minimum atomic E-state index is -0.846. The number of rotatable bonds is 6. The number of carbonyl (C=O) groups is 1. The second-order valence-electron chi connectivity index (χ2n) is 12.7. The summed E-state index contributed by atoms with van der Waals surface area (Å²) in [7, 11) is 0. The maximum Gasteiger partial charge on any atom is 0.286 e. The van der Waals surface area contributed by atoms with Crippen LogP contribution in [0.1, 0.15) is 75.0 Å². The maximum absolute atomic E-state index is 14.3. The highest BCUT2D eigenvalue weighted by Gasteiger charge is 2.49. The molecule has 6 N–H and O–H groups in total. The molecule has 1 aromatic rings. The van der Waals surface area contributed by atoms with Crippen LogP contribution in [0.5, 0.6) is 0 Å². The third-order valence-electron chi connectivity index (χ3n) is 10.0. The number of nitrogens with zero attached hydrogens (tertiary/aromatic N) is 3. The number of nitriles is 1. The van der Waals surface area contributed by atoms with E-state index in [-0.39, 0.29) is 29.6 Å². The molecule has 1 amide bonds. The quantitative estimate of drug-likeness (QED) is 0.228. The zero-order valence-electron chi connectivity index (χ0n) is 24.4. The molecule has 3 fully saturated rings. The van der Waals surface area contributed by atoms with Crippen molar-refractivity contribution in [3.05, 3.63) is 40.1 Å². The average Bonchev–Trinajstić information content (AvgIpc) is 3.49. The van der Waals surface area contributed by atoms with Crippen molar-refractivity contribution in [2.45, 2.75) is 94.1 Å². The second kappa shape index (κ2) is 11.5. The highest BCUT2D eigenvalue weighted by molar-refractivity contribution is 5.76. The van der Waals surface area contributed by atoms with Crippen molar-refractivity contribution < 1.29 is 18.7 Å². The van der Waals surface area contributed by atoms with Crippen LogP contribution in [-0.2, 0) is 26.3 Å². The predicted molar refractivity (Wildman–Crippen MR) is 157 cm³/mol. The van der Waals surface area contributed by atoms with Gasteiger partial charge in [-0.05, 0) is 69.2 Å². The van der Waals surface area contributed by atoms with Crippen molar-refractivity contribution in [2.75, 3.05) is 38.6 Å². The lowest BCUT2D eigenvalue weighted by atomic mass is 9.72. The van der Waals surface area contributed by atoms with Crippen molar-refractivity contribution in [3.8, 4) is 6.07 Å². The minimum absolute atomic E-state index is 0.0596. The molecule has 4 aliphatic heterocycles. The molecule has 6 rings (SSSR count). The number of alkyl halides is 1. The first-order valence-electron chi connectivity index (χ1n) is 15.3.